The van der Waals surface area contributed by atoms with Crippen molar-refractivity contribution in [3.05, 3.63) is 23.8 Å². The van der Waals surface area contributed by atoms with Gasteiger partial charge in [0.15, 0.2) is 17.6 Å². The number of rotatable bonds is 3. The number of benzene rings is 1. The van der Waals surface area contributed by atoms with Crippen LogP contribution in [-0.2, 0) is 4.84 Å². The quantitative estimate of drug-likeness (QED) is 0.853. The fourth-order valence-corrected chi connectivity index (χ4v) is 1.77. The van der Waals surface area contributed by atoms with E-state index in [-0.39, 0.29) is 11.9 Å². The van der Waals surface area contributed by atoms with Crippen molar-refractivity contribution < 1.29 is 14.7 Å². The van der Waals surface area contributed by atoms with Gasteiger partial charge in [0, 0.05) is 12.0 Å². The lowest BCUT2D eigenvalue weighted by Gasteiger charge is -2.12. The van der Waals surface area contributed by atoms with Gasteiger partial charge in [0.05, 0.1) is 12.8 Å². The normalized spacial score (nSPS) is 19.1. The second-order valence-corrected chi connectivity index (χ2v) is 3.71. The molecule has 0 bridgehead atoms. The maximum Gasteiger partial charge on any atom is 0.164 e. The van der Waals surface area contributed by atoms with Crippen LogP contribution in [0.25, 0.3) is 0 Å². The fourth-order valence-electron chi connectivity index (χ4n) is 1.77. The minimum Gasteiger partial charge on any atom is -0.504 e. The molecule has 86 valence electrons. The number of hydrogen-bond donors (Lipinski definition) is 1. The summed E-state index contributed by atoms with van der Waals surface area (Å²) in [6.07, 6.45) is 1.42. The van der Waals surface area contributed by atoms with Gasteiger partial charge < -0.3 is 14.7 Å². The monoisotopic (exact) mass is 221 g/mol. The Morgan fingerprint density at radius 2 is 2.38 bits per heavy atom. The van der Waals surface area contributed by atoms with E-state index in [1.54, 1.807) is 6.07 Å². The Morgan fingerprint density at radius 3 is 3.00 bits per heavy atom. The summed E-state index contributed by atoms with van der Waals surface area (Å²) in [5, 5.41) is 13.9. The minimum absolute atomic E-state index is 0.141. The predicted octanol–water partition coefficient (Wildman–Crippen LogP) is 2.63. The zero-order valence-corrected chi connectivity index (χ0v) is 9.43. The molecule has 0 unspecified atom stereocenters. The third kappa shape index (κ3) is 1.83. The standard InChI is InChI=1S/C12H15NO3/c1-3-8-7-11(16-13-8)9-5-4-6-10(15-2)12(9)14/h4-6,11,14H,3,7H2,1-2H3/t11-/m1/s1. The number of methoxy groups -OCH3 is 1. The first-order valence-corrected chi connectivity index (χ1v) is 5.33. The maximum absolute atomic E-state index is 9.95. The fraction of sp³-hybridized carbons (Fsp3) is 0.417. The van der Waals surface area contributed by atoms with Gasteiger partial charge in [-0.2, -0.15) is 0 Å². The van der Waals surface area contributed by atoms with Crippen molar-refractivity contribution in [2.24, 2.45) is 5.16 Å². The Labute approximate surface area is 94.5 Å². The van der Waals surface area contributed by atoms with Gasteiger partial charge in [-0.25, -0.2) is 0 Å². The molecular formula is C12H15NO3. The number of nitrogens with zero attached hydrogens (tertiary/aromatic N) is 1. The van der Waals surface area contributed by atoms with E-state index < -0.39 is 0 Å². The van der Waals surface area contributed by atoms with Crippen molar-refractivity contribution in [2.75, 3.05) is 7.11 Å². The van der Waals surface area contributed by atoms with E-state index >= 15 is 0 Å². The van der Waals surface area contributed by atoms with Gasteiger partial charge in [0.25, 0.3) is 0 Å². The first-order valence-electron chi connectivity index (χ1n) is 5.33. The maximum atomic E-state index is 9.95. The van der Waals surface area contributed by atoms with Crippen LogP contribution in [0.3, 0.4) is 0 Å². The summed E-state index contributed by atoms with van der Waals surface area (Å²) in [7, 11) is 1.53. The lowest BCUT2D eigenvalue weighted by atomic mass is 10.0. The van der Waals surface area contributed by atoms with Gasteiger partial charge in [-0.15, -0.1) is 0 Å². The predicted molar refractivity (Wildman–Crippen MR) is 60.8 cm³/mol. The molecule has 4 nitrogen and oxygen atoms in total. The highest BCUT2D eigenvalue weighted by Gasteiger charge is 2.25. The SMILES string of the molecule is CCC1=NO[C@@H](c2cccc(OC)c2O)C1. The number of phenols is 1. The van der Waals surface area contributed by atoms with Gasteiger partial charge in [0.1, 0.15) is 0 Å². The van der Waals surface area contributed by atoms with E-state index in [2.05, 4.69) is 5.16 Å². The summed E-state index contributed by atoms with van der Waals surface area (Å²) in [6.45, 7) is 2.04. The van der Waals surface area contributed by atoms with Crippen molar-refractivity contribution in [3.63, 3.8) is 0 Å². The molecule has 0 fully saturated rings. The van der Waals surface area contributed by atoms with E-state index in [9.17, 15) is 5.11 Å². The van der Waals surface area contributed by atoms with Gasteiger partial charge in [-0.1, -0.05) is 24.2 Å². The van der Waals surface area contributed by atoms with Crippen LogP contribution in [0, 0.1) is 0 Å². The molecule has 0 amide bonds. The number of oxime groups is 1. The van der Waals surface area contributed by atoms with Crippen molar-refractivity contribution in [2.45, 2.75) is 25.9 Å². The van der Waals surface area contributed by atoms with Crippen LogP contribution in [0.2, 0.25) is 0 Å². The van der Waals surface area contributed by atoms with Crippen LogP contribution in [0.5, 0.6) is 11.5 Å². The zero-order valence-electron chi connectivity index (χ0n) is 9.43. The van der Waals surface area contributed by atoms with Crippen LogP contribution in [0.4, 0.5) is 0 Å². The van der Waals surface area contributed by atoms with Crippen LogP contribution < -0.4 is 4.74 Å². The molecule has 0 saturated carbocycles. The topological polar surface area (TPSA) is 51.0 Å². The van der Waals surface area contributed by atoms with E-state index in [1.165, 1.54) is 7.11 Å². The highest BCUT2D eigenvalue weighted by molar-refractivity contribution is 5.85. The summed E-state index contributed by atoms with van der Waals surface area (Å²) < 4.78 is 5.06. The van der Waals surface area contributed by atoms with Gasteiger partial charge >= 0.3 is 0 Å². The van der Waals surface area contributed by atoms with Crippen molar-refractivity contribution in [1.29, 1.82) is 0 Å². The molecule has 0 aliphatic carbocycles. The molecule has 0 aromatic heterocycles. The molecule has 0 radical (unpaired) electrons. The molecule has 0 saturated heterocycles. The molecule has 1 heterocycles. The third-order valence-electron chi connectivity index (χ3n) is 2.74. The number of para-hydroxylation sites is 1. The summed E-state index contributed by atoms with van der Waals surface area (Å²) in [5.74, 6) is 0.605. The first kappa shape index (κ1) is 10.8. The average Bonchev–Trinajstić information content (AvgIpc) is 2.78. The zero-order chi connectivity index (χ0) is 11.5. The minimum atomic E-state index is -0.190. The first-order chi connectivity index (χ1) is 7.76. The van der Waals surface area contributed by atoms with E-state index in [1.807, 2.05) is 19.1 Å². The van der Waals surface area contributed by atoms with Crippen LogP contribution in [0.1, 0.15) is 31.4 Å². The number of ether oxygens (including phenoxy) is 1. The number of hydrogen-bond acceptors (Lipinski definition) is 4. The second kappa shape index (κ2) is 4.43. The smallest absolute Gasteiger partial charge is 0.164 e. The molecule has 1 atom stereocenters. The lowest BCUT2D eigenvalue weighted by Crippen LogP contribution is -2.00. The molecule has 4 heteroatoms. The molecular weight excluding hydrogens is 206 g/mol. The summed E-state index contributed by atoms with van der Waals surface area (Å²) in [6, 6.07) is 5.38. The summed E-state index contributed by atoms with van der Waals surface area (Å²) in [5.41, 5.74) is 1.75. The van der Waals surface area contributed by atoms with Crippen LogP contribution in [0.15, 0.2) is 23.4 Å². The molecule has 1 aromatic carbocycles. The van der Waals surface area contributed by atoms with Crippen LogP contribution in [-0.4, -0.2) is 17.9 Å². The van der Waals surface area contributed by atoms with E-state index in [4.69, 9.17) is 9.57 Å². The van der Waals surface area contributed by atoms with Crippen molar-refractivity contribution in [1.82, 2.24) is 0 Å². The van der Waals surface area contributed by atoms with Gasteiger partial charge in [-0.3, -0.25) is 0 Å². The van der Waals surface area contributed by atoms with Gasteiger partial charge in [0.2, 0.25) is 0 Å². The Bertz CT molecular complexity index is 415. The highest BCUT2D eigenvalue weighted by Crippen LogP contribution is 2.38. The molecule has 2 rings (SSSR count). The van der Waals surface area contributed by atoms with Gasteiger partial charge in [-0.05, 0) is 12.5 Å². The van der Waals surface area contributed by atoms with Crippen LogP contribution >= 0.6 is 0 Å². The van der Waals surface area contributed by atoms with Crippen molar-refractivity contribution in [3.8, 4) is 11.5 Å². The molecule has 1 aliphatic heterocycles. The Balaban J connectivity index is 2.23. The highest BCUT2D eigenvalue weighted by atomic mass is 16.6. The number of phenolic OH excluding ortho intramolecular Hbond substituents is 1. The molecule has 1 aliphatic rings. The number of aromatic hydroxyl groups is 1. The second-order valence-electron chi connectivity index (χ2n) is 3.71. The average molecular weight is 221 g/mol. The Hall–Kier alpha value is -1.71. The summed E-state index contributed by atoms with van der Waals surface area (Å²) in [4.78, 5) is 5.30. The molecule has 16 heavy (non-hydrogen) atoms. The van der Waals surface area contributed by atoms with Crippen molar-refractivity contribution >= 4 is 5.71 Å². The van der Waals surface area contributed by atoms with E-state index in [0.29, 0.717) is 5.75 Å². The lowest BCUT2D eigenvalue weighted by molar-refractivity contribution is 0.0834. The molecule has 0 spiro atoms. The third-order valence-corrected chi connectivity index (χ3v) is 2.74. The largest absolute Gasteiger partial charge is 0.504 e. The Morgan fingerprint density at radius 1 is 1.56 bits per heavy atom. The summed E-state index contributed by atoms with van der Waals surface area (Å²) >= 11 is 0. The molecule has 1 N–H and O–H groups in total. The molecule has 1 aromatic rings. The Kier molecular flexibility index (Phi) is 2.99. The van der Waals surface area contributed by atoms with E-state index in [0.717, 1.165) is 24.1 Å².